The van der Waals surface area contributed by atoms with E-state index in [1.165, 1.54) is 16.0 Å². The molecule has 5 nitrogen and oxygen atoms in total. The minimum atomic E-state index is -0.0462. The van der Waals surface area contributed by atoms with Crippen molar-refractivity contribution < 1.29 is 14.4 Å². The van der Waals surface area contributed by atoms with Gasteiger partial charge in [0.1, 0.15) is 0 Å². The smallest absolute Gasteiger partial charge is 0.254 e. The number of carbonyl (C=O) groups excluding carboxylic acids is 3. The van der Waals surface area contributed by atoms with Crippen LogP contribution in [0.1, 0.15) is 102 Å². The van der Waals surface area contributed by atoms with Gasteiger partial charge in [0.25, 0.3) is 5.91 Å². The average molecular weight is 425 g/mol. The van der Waals surface area contributed by atoms with Gasteiger partial charge < -0.3 is 4.90 Å². The summed E-state index contributed by atoms with van der Waals surface area (Å²) in [5.41, 5.74) is 3.04. The fourth-order valence-electron chi connectivity index (χ4n) is 5.46. The summed E-state index contributed by atoms with van der Waals surface area (Å²) in [5, 5.41) is 0. The molecule has 0 radical (unpaired) electrons. The molecule has 0 spiro atoms. The van der Waals surface area contributed by atoms with Crippen LogP contribution in [0.3, 0.4) is 0 Å². The molecular weight excluding hydrogens is 388 g/mol. The van der Waals surface area contributed by atoms with E-state index >= 15 is 0 Å². The summed E-state index contributed by atoms with van der Waals surface area (Å²) in [5.74, 6) is 0.0189. The van der Waals surface area contributed by atoms with Crippen molar-refractivity contribution in [1.29, 1.82) is 0 Å². The normalized spacial score (nSPS) is 26.7. The monoisotopic (exact) mass is 424 g/mol. The summed E-state index contributed by atoms with van der Waals surface area (Å²) in [6, 6.07) is 6.54. The van der Waals surface area contributed by atoms with E-state index < -0.39 is 0 Å². The lowest BCUT2D eigenvalue weighted by molar-refractivity contribution is -0.142. The molecule has 31 heavy (non-hydrogen) atoms. The SMILES string of the molecule is CC(C)(C)c1cc(C(=O)N2C3CCC2CC(N2C(=O)CCC2=O)C3)cc(C(C)(C)C)c1. The van der Waals surface area contributed by atoms with E-state index in [9.17, 15) is 14.4 Å². The van der Waals surface area contributed by atoms with Crippen LogP contribution in [0.15, 0.2) is 18.2 Å². The van der Waals surface area contributed by atoms with Crippen LogP contribution in [-0.4, -0.2) is 45.6 Å². The van der Waals surface area contributed by atoms with Gasteiger partial charge in [-0.25, -0.2) is 0 Å². The van der Waals surface area contributed by atoms with Crippen molar-refractivity contribution in [3.05, 3.63) is 34.9 Å². The predicted molar refractivity (Wildman–Crippen MR) is 121 cm³/mol. The first-order valence-corrected chi connectivity index (χ1v) is 11.7. The van der Waals surface area contributed by atoms with Crippen LogP contribution in [-0.2, 0) is 20.4 Å². The number of hydrogen-bond donors (Lipinski definition) is 0. The number of likely N-dealkylation sites (tertiary alicyclic amines) is 1. The molecule has 2 bridgehead atoms. The van der Waals surface area contributed by atoms with Gasteiger partial charge in [-0.1, -0.05) is 47.6 Å². The van der Waals surface area contributed by atoms with Crippen LogP contribution in [0, 0.1) is 0 Å². The van der Waals surface area contributed by atoms with Gasteiger partial charge in [0.05, 0.1) is 0 Å². The molecule has 3 fully saturated rings. The van der Waals surface area contributed by atoms with E-state index in [1.54, 1.807) is 0 Å². The molecule has 3 heterocycles. The molecule has 0 aromatic heterocycles. The van der Waals surface area contributed by atoms with Crippen molar-refractivity contribution >= 4 is 17.7 Å². The topological polar surface area (TPSA) is 57.7 Å². The number of nitrogens with zero attached hydrogens (tertiary/aromatic N) is 2. The fraction of sp³-hybridized carbons (Fsp3) is 0.654. The first-order valence-electron chi connectivity index (χ1n) is 11.7. The van der Waals surface area contributed by atoms with Gasteiger partial charge in [-0.15, -0.1) is 0 Å². The average Bonchev–Trinajstić information content (AvgIpc) is 3.14. The van der Waals surface area contributed by atoms with Crippen LogP contribution in [0.2, 0.25) is 0 Å². The van der Waals surface area contributed by atoms with Gasteiger partial charge in [-0.05, 0) is 59.8 Å². The van der Waals surface area contributed by atoms with Gasteiger partial charge in [-0.2, -0.15) is 0 Å². The van der Waals surface area contributed by atoms with Gasteiger partial charge in [0.2, 0.25) is 11.8 Å². The standard InChI is InChI=1S/C26H36N2O3/c1-25(2,3)17-11-16(12-18(13-17)26(4,5)6)24(31)27-19-7-8-20(27)15-21(14-19)28-22(29)9-10-23(28)30/h11-13,19-21H,7-10,14-15H2,1-6H3. The molecule has 3 saturated heterocycles. The van der Waals surface area contributed by atoms with E-state index in [0.29, 0.717) is 25.7 Å². The Hall–Kier alpha value is -2.17. The molecule has 3 amide bonds. The predicted octanol–water partition coefficient (Wildman–Crippen LogP) is 4.57. The molecule has 0 saturated carbocycles. The van der Waals surface area contributed by atoms with E-state index in [4.69, 9.17) is 0 Å². The fourth-order valence-corrected chi connectivity index (χ4v) is 5.46. The van der Waals surface area contributed by atoms with Crippen molar-refractivity contribution in [3.8, 4) is 0 Å². The van der Waals surface area contributed by atoms with Crippen LogP contribution in [0.4, 0.5) is 0 Å². The summed E-state index contributed by atoms with van der Waals surface area (Å²) in [6.45, 7) is 13.1. The number of hydrogen-bond acceptors (Lipinski definition) is 3. The zero-order valence-electron chi connectivity index (χ0n) is 19.8. The Morgan fingerprint density at radius 1 is 0.774 bits per heavy atom. The Kier molecular flexibility index (Phi) is 5.30. The summed E-state index contributed by atoms with van der Waals surface area (Å²) < 4.78 is 0. The van der Waals surface area contributed by atoms with Gasteiger partial charge in [0.15, 0.2) is 0 Å². The summed E-state index contributed by atoms with van der Waals surface area (Å²) in [6.07, 6.45) is 4.00. The number of rotatable bonds is 2. The number of fused-ring (bicyclic) bond motifs is 2. The third kappa shape index (κ3) is 4.04. The quantitative estimate of drug-likeness (QED) is 0.654. The van der Waals surface area contributed by atoms with Crippen molar-refractivity contribution in [3.63, 3.8) is 0 Å². The molecule has 2 atom stereocenters. The first kappa shape index (κ1) is 22.0. The van der Waals surface area contributed by atoms with Crippen molar-refractivity contribution in [1.82, 2.24) is 9.80 Å². The first-order chi connectivity index (χ1) is 14.4. The summed E-state index contributed by atoms with van der Waals surface area (Å²) in [4.78, 5) is 41.8. The van der Waals surface area contributed by atoms with Gasteiger partial charge in [0, 0.05) is 36.5 Å². The highest BCUT2D eigenvalue weighted by atomic mass is 16.2. The lowest BCUT2D eigenvalue weighted by atomic mass is 9.79. The highest BCUT2D eigenvalue weighted by Crippen LogP contribution is 2.40. The highest BCUT2D eigenvalue weighted by Gasteiger charge is 2.48. The lowest BCUT2D eigenvalue weighted by Gasteiger charge is -2.41. The Morgan fingerprint density at radius 3 is 1.65 bits per heavy atom. The Bertz CT molecular complexity index is 859. The molecule has 2 unspecified atom stereocenters. The maximum absolute atomic E-state index is 13.8. The van der Waals surface area contributed by atoms with Crippen molar-refractivity contribution in [2.45, 2.75) is 109 Å². The van der Waals surface area contributed by atoms with Crippen LogP contribution < -0.4 is 0 Å². The molecule has 3 aliphatic rings. The highest BCUT2D eigenvalue weighted by molar-refractivity contribution is 6.02. The molecule has 3 aliphatic heterocycles. The van der Waals surface area contributed by atoms with Crippen molar-refractivity contribution in [2.24, 2.45) is 0 Å². The third-order valence-electron chi connectivity index (χ3n) is 7.31. The zero-order chi connectivity index (χ0) is 22.7. The van der Waals surface area contributed by atoms with Crippen LogP contribution in [0.25, 0.3) is 0 Å². The number of benzene rings is 1. The molecule has 168 valence electrons. The molecule has 4 rings (SSSR count). The zero-order valence-corrected chi connectivity index (χ0v) is 19.8. The molecule has 0 aliphatic carbocycles. The second kappa shape index (κ2) is 7.46. The molecule has 1 aromatic rings. The Balaban J connectivity index is 1.62. The summed E-state index contributed by atoms with van der Waals surface area (Å²) in [7, 11) is 0. The number of piperidine rings is 1. The minimum Gasteiger partial charge on any atom is -0.333 e. The minimum absolute atomic E-state index is 0.0399. The molecule has 0 N–H and O–H groups in total. The largest absolute Gasteiger partial charge is 0.333 e. The molecule has 1 aromatic carbocycles. The molecule has 5 heteroatoms. The number of carbonyl (C=O) groups is 3. The second-order valence-electron chi connectivity index (χ2n) is 11.7. The maximum atomic E-state index is 13.8. The lowest BCUT2D eigenvalue weighted by Crippen LogP contribution is -2.53. The van der Waals surface area contributed by atoms with Gasteiger partial charge in [-0.3, -0.25) is 19.3 Å². The molecular formula is C26H36N2O3. The summed E-state index contributed by atoms with van der Waals surface area (Å²) >= 11 is 0. The maximum Gasteiger partial charge on any atom is 0.254 e. The van der Waals surface area contributed by atoms with E-state index in [1.807, 2.05) is 0 Å². The number of imide groups is 1. The van der Waals surface area contributed by atoms with E-state index in [2.05, 4.69) is 64.6 Å². The van der Waals surface area contributed by atoms with Gasteiger partial charge >= 0.3 is 0 Å². The Labute approximate surface area is 186 Å². The van der Waals surface area contributed by atoms with E-state index in [-0.39, 0.29) is 46.7 Å². The second-order valence-corrected chi connectivity index (χ2v) is 11.7. The number of amides is 3. The van der Waals surface area contributed by atoms with Crippen molar-refractivity contribution in [2.75, 3.05) is 0 Å². The van der Waals surface area contributed by atoms with Crippen LogP contribution in [0.5, 0.6) is 0 Å². The van der Waals surface area contributed by atoms with E-state index in [0.717, 1.165) is 18.4 Å². The van der Waals surface area contributed by atoms with Crippen LogP contribution >= 0.6 is 0 Å². The Morgan fingerprint density at radius 2 is 1.23 bits per heavy atom. The third-order valence-corrected chi connectivity index (χ3v) is 7.31.